The lowest BCUT2D eigenvalue weighted by atomic mass is 9.99. The van der Waals surface area contributed by atoms with E-state index in [4.69, 9.17) is 4.74 Å². The lowest BCUT2D eigenvalue weighted by Gasteiger charge is -2.05. The number of hydrogen-bond acceptors (Lipinski definition) is 2. The number of ketones is 1. The maximum atomic E-state index is 12.2. The van der Waals surface area contributed by atoms with E-state index in [0.717, 1.165) is 23.1 Å². The van der Waals surface area contributed by atoms with Gasteiger partial charge < -0.3 is 4.74 Å². The average molecular weight is 292 g/mol. The molecule has 0 aromatic heterocycles. The van der Waals surface area contributed by atoms with Crippen LogP contribution in [0.2, 0.25) is 0 Å². The van der Waals surface area contributed by atoms with Gasteiger partial charge in [-0.05, 0) is 42.9 Å². The first-order valence-corrected chi connectivity index (χ1v) is 7.84. The molecule has 2 nitrogen and oxygen atoms in total. The SMILES string of the molecule is C=CCOCC#Cc1ccc(C2=C3CCC[C@@H]3CC2=O)cc1. The van der Waals surface area contributed by atoms with Crippen LogP contribution in [0.25, 0.3) is 5.57 Å². The molecule has 2 heteroatoms. The summed E-state index contributed by atoms with van der Waals surface area (Å²) in [6.07, 6.45) is 5.92. The van der Waals surface area contributed by atoms with Crippen molar-refractivity contribution in [1.82, 2.24) is 0 Å². The van der Waals surface area contributed by atoms with Gasteiger partial charge in [0.15, 0.2) is 5.78 Å². The number of rotatable bonds is 4. The number of hydrogen-bond donors (Lipinski definition) is 0. The molecule has 0 heterocycles. The van der Waals surface area contributed by atoms with E-state index < -0.39 is 0 Å². The van der Waals surface area contributed by atoms with Gasteiger partial charge in [-0.25, -0.2) is 0 Å². The highest BCUT2D eigenvalue weighted by molar-refractivity contribution is 6.24. The van der Waals surface area contributed by atoms with E-state index in [2.05, 4.69) is 18.4 Å². The molecule has 0 aliphatic heterocycles. The van der Waals surface area contributed by atoms with Crippen LogP contribution in [0.1, 0.15) is 36.8 Å². The summed E-state index contributed by atoms with van der Waals surface area (Å²) in [5, 5.41) is 0. The van der Waals surface area contributed by atoms with Gasteiger partial charge in [0.1, 0.15) is 6.61 Å². The molecule has 1 aromatic rings. The molecule has 0 bridgehead atoms. The van der Waals surface area contributed by atoms with E-state index in [1.807, 2.05) is 24.3 Å². The minimum absolute atomic E-state index is 0.316. The van der Waals surface area contributed by atoms with Crippen molar-refractivity contribution in [2.45, 2.75) is 25.7 Å². The molecule has 1 fully saturated rings. The molecule has 1 saturated carbocycles. The first-order valence-electron chi connectivity index (χ1n) is 7.84. The Labute approximate surface area is 131 Å². The lowest BCUT2D eigenvalue weighted by molar-refractivity contribution is -0.113. The molecule has 1 aromatic carbocycles. The number of carbonyl (C=O) groups excluding carboxylic acids is 1. The summed E-state index contributed by atoms with van der Waals surface area (Å²) in [4.78, 5) is 12.2. The van der Waals surface area contributed by atoms with Crippen molar-refractivity contribution in [3.8, 4) is 11.8 Å². The van der Waals surface area contributed by atoms with Crippen LogP contribution in [-0.2, 0) is 9.53 Å². The minimum atomic E-state index is 0.316. The summed E-state index contributed by atoms with van der Waals surface area (Å²) in [6.45, 7) is 4.52. The van der Waals surface area contributed by atoms with Crippen LogP contribution in [0.3, 0.4) is 0 Å². The first kappa shape index (κ1) is 14.8. The van der Waals surface area contributed by atoms with Crippen LogP contribution in [0.4, 0.5) is 0 Å². The molecule has 2 aliphatic rings. The van der Waals surface area contributed by atoms with Crippen LogP contribution >= 0.6 is 0 Å². The molecule has 3 rings (SSSR count). The predicted octanol–water partition coefficient (Wildman–Crippen LogP) is 3.77. The fourth-order valence-corrected chi connectivity index (χ4v) is 3.37. The van der Waals surface area contributed by atoms with Gasteiger partial charge in [0, 0.05) is 17.6 Å². The second kappa shape index (κ2) is 6.77. The smallest absolute Gasteiger partial charge is 0.164 e. The van der Waals surface area contributed by atoms with Gasteiger partial charge >= 0.3 is 0 Å². The summed E-state index contributed by atoms with van der Waals surface area (Å²) in [7, 11) is 0. The summed E-state index contributed by atoms with van der Waals surface area (Å²) in [5.41, 5.74) is 4.38. The minimum Gasteiger partial charge on any atom is -0.365 e. The van der Waals surface area contributed by atoms with Crippen molar-refractivity contribution in [1.29, 1.82) is 0 Å². The second-order valence-corrected chi connectivity index (χ2v) is 5.80. The molecule has 0 unspecified atom stereocenters. The Morgan fingerprint density at radius 3 is 2.91 bits per heavy atom. The highest BCUT2D eigenvalue weighted by atomic mass is 16.5. The topological polar surface area (TPSA) is 26.3 Å². The third-order valence-electron chi connectivity index (χ3n) is 4.34. The Bertz CT molecular complexity index is 668. The third kappa shape index (κ3) is 3.05. The van der Waals surface area contributed by atoms with Crippen molar-refractivity contribution in [3.05, 3.63) is 53.6 Å². The average Bonchev–Trinajstić information content (AvgIpc) is 3.08. The molecule has 0 spiro atoms. The van der Waals surface area contributed by atoms with Crippen LogP contribution in [0.5, 0.6) is 0 Å². The number of benzene rings is 1. The largest absolute Gasteiger partial charge is 0.365 e. The van der Waals surface area contributed by atoms with Gasteiger partial charge in [-0.3, -0.25) is 4.79 Å². The Balaban J connectivity index is 1.73. The summed E-state index contributed by atoms with van der Waals surface area (Å²) >= 11 is 0. The summed E-state index contributed by atoms with van der Waals surface area (Å²) < 4.78 is 5.23. The van der Waals surface area contributed by atoms with Gasteiger partial charge in [-0.2, -0.15) is 0 Å². The Morgan fingerprint density at radius 2 is 2.14 bits per heavy atom. The quantitative estimate of drug-likeness (QED) is 0.480. The van der Waals surface area contributed by atoms with E-state index in [9.17, 15) is 4.79 Å². The van der Waals surface area contributed by atoms with Crippen molar-refractivity contribution in [3.63, 3.8) is 0 Å². The molecule has 0 N–H and O–H groups in total. The number of fused-ring (bicyclic) bond motifs is 1. The fourth-order valence-electron chi connectivity index (χ4n) is 3.37. The van der Waals surface area contributed by atoms with Gasteiger partial charge in [-0.15, -0.1) is 6.58 Å². The maximum absolute atomic E-state index is 12.2. The Kier molecular flexibility index (Phi) is 4.56. The van der Waals surface area contributed by atoms with Crippen LogP contribution in [0.15, 0.2) is 42.5 Å². The van der Waals surface area contributed by atoms with Crippen molar-refractivity contribution in [2.75, 3.05) is 13.2 Å². The van der Waals surface area contributed by atoms with Gasteiger partial charge in [0.25, 0.3) is 0 Å². The molecule has 2 aliphatic carbocycles. The Hall–Kier alpha value is -2.11. The van der Waals surface area contributed by atoms with E-state index in [1.165, 1.54) is 18.4 Å². The van der Waals surface area contributed by atoms with Gasteiger partial charge in [-0.1, -0.05) is 35.6 Å². The van der Waals surface area contributed by atoms with Crippen LogP contribution < -0.4 is 0 Å². The number of carbonyl (C=O) groups is 1. The van der Waals surface area contributed by atoms with Crippen molar-refractivity contribution >= 4 is 11.4 Å². The zero-order valence-electron chi connectivity index (χ0n) is 12.7. The fraction of sp³-hybridized carbons (Fsp3) is 0.350. The number of ether oxygens (including phenoxy) is 1. The molecule has 0 amide bonds. The lowest BCUT2D eigenvalue weighted by Crippen LogP contribution is -1.98. The van der Waals surface area contributed by atoms with E-state index in [0.29, 0.717) is 31.3 Å². The number of Topliss-reactive ketones (excluding diaryl/α,β-unsaturated/α-hetero) is 1. The number of allylic oxidation sites excluding steroid dienone is 2. The van der Waals surface area contributed by atoms with Crippen molar-refractivity contribution < 1.29 is 9.53 Å². The molecule has 0 saturated heterocycles. The van der Waals surface area contributed by atoms with Crippen LogP contribution in [0, 0.1) is 17.8 Å². The molecule has 1 atom stereocenters. The van der Waals surface area contributed by atoms with E-state index >= 15 is 0 Å². The maximum Gasteiger partial charge on any atom is 0.164 e. The van der Waals surface area contributed by atoms with E-state index in [-0.39, 0.29) is 0 Å². The summed E-state index contributed by atoms with van der Waals surface area (Å²) in [5.74, 6) is 6.87. The van der Waals surface area contributed by atoms with Gasteiger partial charge in [0.2, 0.25) is 0 Å². The third-order valence-corrected chi connectivity index (χ3v) is 4.34. The second-order valence-electron chi connectivity index (χ2n) is 5.80. The Morgan fingerprint density at radius 1 is 1.32 bits per heavy atom. The zero-order chi connectivity index (χ0) is 15.4. The first-order chi connectivity index (χ1) is 10.8. The standard InChI is InChI=1S/C20H20O2/c1-2-12-22-13-4-5-15-8-10-16(11-9-15)20-18-7-3-6-17(18)14-19(20)21/h2,8-11,17H,1,3,6-7,12-14H2/t17-/m1/s1. The van der Waals surface area contributed by atoms with Crippen molar-refractivity contribution in [2.24, 2.45) is 5.92 Å². The highest BCUT2D eigenvalue weighted by Crippen LogP contribution is 2.45. The highest BCUT2D eigenvalue weighted by Gasteiger charge is 2.35. The monoisotopic (exact) mass is 292 g/mol. The van der Waals surface area contributed by atoms with E-state index in [1.54, 1.807) is 6.08 Å². The molecular weight excluding hydrogens is 272 g/mol. The predicted molar refractivity (Wildman–Crippen MR) is 88.2 cm³/mol. The van der Waals surface area contributed by atoms with Crippen LogP contribution in [-0.4, -0.2) is 19.0 Å². The normalized spacial score (nSPS) is 19.8. The molecular formula is C20H20O2. The van der Waals surface area contributed by atoms with Gasteiger partial charge in [0.05, 0.1) is 6.61 Å². The molecule has 0 radical (unpaired) electrons. The summed E-state index contributed by atoms with van der Waals surface area (Å²) in [6, 6.07) is 8.02. The molecule has 112 valence electrons. The zero-order valence-corrected chi connectivity index (χ0v) is 12.7. The molecule has 22 heavy (non-hydrogen) atoms.